The Balaban J connectivity index is 2.45. The van der Waals surface area contributed by atoms with Crippen LogP contribution < -0.4 is 10.2 Å². The van der Waals surface area contributed by atoms with Gasteiger partial charge in [-0.2, -0.15) is 5.10 Å². The summed E-state index contributed by atoms with van der Waals surface area (Å²) < 4.78 is 6.51. The van der Waals surface area contributed by atoms with Crippen LogP contribution in [0, 0.1) is 0 Å². The van der Waals surface area contributed by atoms with Crippen molar-refractivity contribution in [2.45, 2.75) is 0 Å². The van der Waals surface area contributed by atoms with Gasteiger partial charge in [-0.05, 0) is 42.5 Å². The van der Waals surface area contributed by atoms with Crippen LogP contribution in [0.25, 0.3) is 16.9 Å². The molecule has 6 nitrogen and oxygen atoms in total. The van der Waals surface area contributed by atoms with E-state index in [4.69, 9.17) is 39.5 Å². The molecule has 1 heterocycles. The fourth-order valence-electron chi connectivity index (χ4n) is 2.52. The van der Waals surface area contributed by atoms with Crippen LogP contribution in [-0.4, -0.2) is 28.0 Å². The molecule has 27 heavy (non-hydrogen) atoms. The van der Waals surface area contributed by atoms with Crippen molar-refractivity contribution in [3.8, 4) is 22.7 Å². The van der Waals surface area contributed by atoms with E-state index >= 15 is 0 Å². The normalized spacial score (nSPS) is 10.7. The van der Waals surface area contributed by atoms with Gasteiger partial charge in [0.1, 0.15) is 5.69 Å². The molecule has 0 aliphatic carbocycles. The molecule has 0 aliphatic heterocycles. The summed E-state index contributed by atoms with van der Waals surface area (Å²) in [7, 11) is 1.27. The van der Waals surface area contributed by atoms with Crippen molar-refractivity contribution in [3.63, 3.8) is 0 Å². The van der Waals surface area contributed by atoms with Crippen LogP contribution in [0.1, 0.15) is 10.5 Å². The summed E-state index contributed by atoms with van der Waals surface area (Å²) in [6.45, 7) is 0. The Kier molecular flexibility index (Phi) is 5.41. The molecule has 0 aliphatic rings. The number of carboxylic acids is 1. The molecule has 3 rings (SSSR count). The standard InChI is InChI=1S/C18H11Cl3N2O4/c1-27-17-15(12-7-4-10(20)8-13(12)21)23(11-5-2-9(19)3-6-11)22-14(16(17)24)18(25)26/h2-8H,1H3,(H,25,26). The van der Waals surface area contributed by atoms with Gasteiger partial charge in [-0.3, -0.25) is 4.79 Å². The number of aromatic nitrogens is 2. The monoisotopic (exact) mass is 424 g/mol. The van der Waals surface area contributed by atoms with Gasteiger partial charge < -0.3 is 9.84 Å². The highest BCUT2D eigenvalue weighted by Crippen LogP contribution is 2.35. The number of carboxylic acid groups (broad SMARTS) is 1. The number of nitrogens with zero attached hydrogens (tertiary/aromatic N) is 2. The molecule has 0 unspecified atom stereocenters. The summed E-state index contributed by atoms with van der Waals surface area (Å²) in [5.41, 5.74) is -0.501. The highest BCUT2D eigenvalue weighted by atomic mass is 35.5. The molecule has 0 atom stereocenters. The van der Waals surface area contributed by atoms with Crippen molar-refractivity contribution < 1.29 is 14.6 Å². The van der Waals surface area contributed by atoms with Crippen molar-refractivity contribution in [3.05, 3.63) is 73.4 Å². The molecule has 0 bridgehead atoms. The smallest absolute Gasteiger partial charge is 0.360 e. The van der Waals surface area contributed by atoms with Gasteiger partial charge in [-0.15, -0.1) is 0 Å². The molecule has 1 N–H and O–H groups in total. The zero-order valence-electron chi connectivity index (χ0n) is 13.7. The van der Waals surface area contributed by atoms with Crippen molar-refractivity contribution in [2.75, 3.05) is 7.11 Å². The first-order valence-electron chi connectivity index (χ1n) is 7.49. The molecule has 0 radical (unpaired) electrons. The van der Waals surface area contributed by atoms with E-state index in [1.165, 1.54) is 17.9 Å². The van der Waals surface area contributed by atoms with Crippen molar-refractivity contribution in [2.24, 2.45) is 0 Å². The summed E-state index contributed by atoms with van der Waals surface area (Å²) in [5, 5.41) is 14.5. The first-order valence-corrected chi connectivity index (χ1v) is 8.63. The number of hydrogen-bond acceptors (Lipinski definition) is 4. The molecular formula is C18H11Cl3N2O4. The second-order valence-corrected chi connectivity index (χ2v) is 6.66. The molecule has 0 saturated carbocycles. The van der Waals surface area contributed by atoms with E-state index < -0.39 is 17.1 Å². The lowest BCUT2D eigenvalue weighted by molar-refractivity contribution is 0.0686. The molecule has 0 saturated heterocycles. The summed E-state index contributed by atoms with van der Waals surface area (Å²) >= 11 is 18.2. The van der Waals surface area contributed by atoms with Crippen LogP contribution >= 0.6 is 34.8 Å². The third kappa shape index (κ3) is 3.64. The zero-order valence-corrected chi connectivity index (χ0v) is 16.0. The number of methoxy groups -OCH3 is 1. The Morgan fingerprint density at radius 1 is 1.07 bits per heavy atom. The largest absolute Gasteiger partial charge is 0.491 e. The number of carbonyl (C=O) groups is 1. The Morgan fingerprint density at radius 2 is 1.70 bits per heavy atom. The predicted molar refractivity (Wildman–Crippen MR) is 104 cm³/mol. The van der Waals surface area contributed by atoms with Crippen LogP contribution in [0.5, 0.6) is 5.75 Å². The van der Waals surface area contributed by atoms with E-state index in [1.807, 2.05) is 0 Å². The number of ether oxygens (including phenoxy) is 1. The maximum Gasteiger partial charge on any atom is 0.360 e. The average Bonchev–Trinajstić information content (AvgIpc) is 2.62. The van der Waals surface area contributed by atoms with Gasteiger partial charge in [0.25, 0.3) is 5.43 Å². The number of aromatic carboxylic acids is 1. The van der Waals surface area contributed by atoms with Crippen LogP contribution in [-0.2, 0) is 0 Å². The highest BCUT2D eigenvalue weighted by Gasteiger charge is 2.25. The third-order valence-electron chi connectivity index (χ3n) is 3.71. The van der Waals surface area contributed by atoms with Crippen molar-refractivity contribution in [1.82, 2.24) is 9.78 Å². The molecule has 3 aromatic rings. The van der Waals surface area contributed by atoms with Gasteiger partial charge in [0, 0.05) is 15.6 Å². The van der Waals surface area contributed by atoms with Gasteiger partial charge in [0.05, 0.1) is 17.8 Å². The Bertz CT molecular complexity index is 1090. The minimum Gasteiger partial charge on any atom is -0.491 e. The molecule has 9 heteroatoms. The Labute approximate surface area is 168 Å². The average molecular weight is 426 g/mol. The minimum atomic E-state index is -1.48. The topological polar surface area (TPSA) is 81.4 Å². The van der Waals surface area contributed by atoms with Crippen LogP contribution in [0.15, 0.2) is 47.3 Å². The van der Waals surface area contributed by atoms with Crippen LogP contribution in [0.2, 0.25) is 15.1 Å². The van der Waals surface area contributed by atoms with E-state index in [-0.39, 0.29) is 16.5 Å². The number of benzene rings is 2. The van der Waals surface area contributed by atoms with Gasteiger partial charge in [-0.25, -0.2) is 9.48 Å². The van der Waals surface area contributed by atoms with E-state index in [0.717, 1.165) is 0 Å². The SMILES string of the molecule is COc1c(-c2ccc(Cl)cc2Cl)n(-c2ccc(Cl)cc2)nc(C(=O)O)c1=O. The summed E-state index contributed by atoms with van der Waals surface area (Å²) in [4.78, 5) is 24.1. The molecule has 138 valence electrons. The summed E-state index contributed by atoms with van der Waals surface area (Å²) in [5.74, 6) is -1.68. The Morgan fingerprint density at radius 3 is 2.26 bits per heavy atom. The first kappa shape index (κ1) is 19.2. The number of hydrogen-bond donors (Lipinski definition) is 1. The fourth-order valence-corrected chi connectivity index (χ4v) is 3.15. The van der Waals surface area contributed by atoms with E-state index in [1.54, 1.807) is 36.4 Å². The summed E-state index contributed by atoms with van der Waals surface area (Å²) in [6.07, 6.45) is 0. The van der Waals surface area contributed by atoms with E-state index in [0.29, 0.717) is 21.3 Å². The van der Waals surface area contributed by atoms with Gasteiger partial charge >= 0.3 is 5.97 Å². The minimum absolute atomic E-state index is 0.191. The van der Waals surface area contributed by atoms with E-state index in [2.05, 4.69) is 5.10 Å². The lowest BCUT2D eigenvalue weighted by atomic mass is 10.1. The lowest BCUT2D eigenvalue weighted by Crippen LogP contribution is -2.24. The molecule has 0 spiro atoms. The Hall–Kier alpha value is -2.54. The number of rotatable bonds is 4. The molecule has 1 aromatic heterocycles. The maximum absolute atomic E-state index is 12.6. The third-order valence-corrected chi connectivity index (χ3v) is 4.51. The van der Waals surface area contributed by atoms with Gasteiger partial charge in [-0.1, -0.05) is 34.8 Å². The lowest BCUT2D eigenvalue weighted by Gasteiger charge is -2.17. The zero-order chi connectivity index (χ0) is 19.7. The van der Waals surface area contributed by atoms with Gasteiger partial charge in [0.15, 0.2) is 5.75 Å². The van der Waals surface area contributed by atoms with Crippen LogP contribution in [0.4, 0.5) is 0 Å². The second-order valence-electron chi connectivity index (χ2n) is 5.38. The quantitative estimate of drug-likeness (QED) is 0.662. The molecule has 2 aromatic carbocycles. The molecule has 0 amide bonds. The van der Waals surface area contributed by atoms with E-state index in [9.17, 15) is 14.7 Å². The maximum atomic E-state index is 12.6. The molecule has 0 fully saturated rings. The highest BCUT2D eigenvalue weighted by molar-refractivity contribution is 6.36. The van der Waals surface area contributed by atoms with Gasteiger partial charge in [0.2, 0.25) is 5.69 Å². The fraction of sp³-hybridized carbons (Fsp3) is 0.0556. The second kappa shape index (κ2) is 7.60. The van der Waals surface area contributed by atoms with Crippen LogP contribution in [0.3, 0.4) is 0 Å². The van der Waals surface area contributed by atoms with Crippen molar-refractivity contribution >= 4 is 40.8 Å². The predicted octanol–water partition coefficient (Wildman–Crippen LogP) is 4.57. The first-order chi connectivity index (χ1) is 12.8. The summed E-state index contributed by atoms with van der Waals surface area (Å²) in [6, 6.07) is 11.1. The number of halogens is 3. The van der Waals surface area contributed by atoms with Crippen molar-refractivity contribution in [1.29, 1.82) is 0 Å². The molecular weight excluding hydrogens is 415 g/mol.